The van der Waals surface area contributed by atoms with Crippen molar-refractivity contribution in [1.82, 2.24) is 10.6 Å². The van der Waals surface area contributed by atoms with Gasteiger partial charge in [-0.3, -0.25) is 4.79 Å². The molecule has 0 fully saturated rings. The number of rotatable bonds is 8. The molecule has 0 heterocycles. The molecule has 4 nitrogen and oxygen atoms in total. The Bertz CT molecular complexity index is 619. The molecule has 0 radical (unpaired) electrons. The van der Waals surface area contributed by atoms with Crippen LogP contribution in [0.3, 0.4) is 0 Å². The van der Waals surface area contributed by atoms with Gasteiger partial charge < -0.3 is 15.4 Å². The van der Waals surface area contributed by atoms with Gasteiger partial charge in [0.2, 0.25) is 5.91 Å². The van der Waals surface area contributed by atoms with Gasteiger partial charge in [0, 0.05) is 13.0 Å². The number of ether oxygens (including phenoxy) is 1. The summed E-state index contributed by atoms with van der Waals surface area (Å²) >= 11 is 0. The molecule has 1 atom stereocenters. The van der Waals surface area contributed by atoms with E-state index >= 15 is 0 Å². The molecule has 2 N–H and O–H groups in total. The smallest absolute Gasteiger partial charge is 0.221 e. The van der Waals surface area contributed by atoms with Crippen molar-refractivity contribution in [3.8, 4) is 5.75 Å². The second-order valence-electron chi connectivity index (χ2n) is 5.13. The second kappa shape index (κ2) is 8.90. The quantitative estimate of drug-likeness (QED) is 0.787. The normalized spacial score (nSPS) is 11.7. The number of carbonyl (C=O) groups is 1. The van der Waals surface area contributed by atoms with Gasteiger partial charge in [0.25, 0.3) is 0 Å². The van der Waals surface area contributed by atoms with Crippen molar-refractivity contribution in [2.75, 3.05) is 20.2 Å². The van der Waals surface area contributed by atoms with Gasteiger partial charge in [0.05, 0.1) is 6.04 Å². The van der Waals surface area contributed by atoms with Crippen LogP contribution in [0.2, 0.25) is 0 Å². The van der Waals surface area contributed by atoms with Crippen LogP contribution in [-0.4, -0.2) is 26.1 Å². The Morgan fingerprint density at radius 2 is 1.83 bits per heavy atom. The maximum Gasteiger partial charge on any atom is 0.221 e. The van der Waals surface area contributed by atoms with E-state index in [9.17, 15) is 9.18 Å². The maximum absolute atomic E-state index is 13.7. The van der Waals surface area contributed by atoms with E-state index < -0.39 is 5.82 Å². The number of hydrogen-bond donors (Lipinski definition) is 2. The fourth-order valence-electron chi connectivity index (χ4n) is 2.15. The Hall–Kier alpha value is -2.40. The molecule has 0 saturated carbocycles. The molecule has 122 valence electrons. The summed E-state index contributed by atoms with van der Waals surface area (Å²) in [6, 6.07) is 15.4. The van der Waals surface area contributed by atoms with E-state index in [1.807, 2.05) is 30.3 Å². The first kappa shape index (κ1) is 17.0. The minimum absolute atomic E-state index is 0.0784. The third-order valence-electron chi connectivity index (χ3n) is 3.38. The average molecular weight is 316 g/mol. The maximum atomic E-state index is 13.7. The molecule has 2 aromatic carbocycles. The highest BCUT2D eigenvalue weighted by Gasteiger charge is 2.16. The number of carbonyl (C=O) groups excluding carboxylic acids is 1. The van der Waals surface area contributed by atoms with Gasteiger partial charge in [-0.1, -0.05) is 42.5 Å². The average Bonchev–Trinajstić information content (AvgIpc) is 2.58. The predicted molar refractivity (Wildman–Crippen MR) is 87.8 cm³/mol. The summed E-state index contributed by atoms with van der Waals surface area (Å²) in [6.45, 7) is 0.762. The van der Waals surface area contributed by atoms with Crippen molar-refractivity contribution in [2.24, 2.45) is 0 Å². The first-order chi connectivity index (χ1) is 11.2. The molecule has 1 amide bonds. The summed E-state index contributed by atoms with van der Waals surface area (Å²) < 4.78 is 19.2. The molecular weight excluding hydrogens is 295 g/mol. The van der Waals surface area contributed by atoms with E-state index in [0.29, 0.717) is 13.0 Å². The lowest BCUT2D eigenvalue weighted by molar-refractivity contribution is -0.122. The van der Waals surface area contributed by atoms with Crippen molar-refractivity contribution in [1.29, 1.82) is 0 Å². The topological polar surface area (TPSA) is 50.4 Å². The van der Waals surface area contributed by atoms with E-state index in [1.54, 1.807) is 25.2 Å². The fourth-order valence-corrected chi connectivity index (χ4v) is 2.15. The Morgan fingerprint density at radius 1 is 1.13 bits per heavy atom. The Kier molecular flexibility index (Phi) is 6.56. The first-order valence-corrected chi connectivity index (χ1v) is 7.57. The van der Waals surface area contributed by atoms with Crippen molar-refractivity contribution in [3.05, 3.63) is 66.0 Å². The van der Waals surface area contributed by atoms with E-state index in [4.69, 9.17) is 4.74 Å². The number of amides is 1. The van der Waals surface area contributed by atoms with Gasteiger partial charge >= 0.3 is 0 Å². The molecule has 0 aliphatic heterocycles. The minimum atomic E-state index is -0.416. The van der Waals surface area contributed by atoms with Gasteiger partial charge in [-0.15, -0.1) is 0 Å². The number of benzene rings is 2. The first-order valence-electron chi connectivity index (χ1n) is 7.57. The van der Waals surface area contributed by atoms with Crippen LogP contribution >= 0.6 is 0 Å². The van der Waals surface area contributed by atoms with E-state index in [0.717, 1.165) is 5.56 Å². The van der Waals surface area contributed by atoms with Crippen molar-refractivity contribution < 1.29 is 13.9 Å². The van der Waals surface area contributed by atoms with E-state index in [-0.39, 0.29) is 24.3 Å². The molecule has 0 aliphatic carbocycles. The number of hydrogen-bond acceptors (Lipinski definition) is 3. The summed E-state index contributed by atoms with van der Waals surface area (Å²) in [6.07, 6.45) is 0.375. The van der Waals surface area contributed by atoms with Crippen LogP contribution in [0.25, 0.3) is 0 Å². The van der Waals surface area contributed by atoms with Crippen LogP contribution in [0.15, 0.2) is 54.6 Å². The van der Waals surface area contributed by atoms with Crippen LogP contribution in [-0.2, 0) is 4.79 Å². The monoisotopic (exact) mass is 316 g/mol. The number of nitrogens with one attached hydrogen (secondary N) is 2. The Labute approximate surface area is 135 Å². The molecule has 0 spiro atoms. The third kappa shape index (κ3) is 5.38. The SMILES string of the molecule is CNCCC(=O)NC(COc1ccccc1F)c1ccccc1. The van der Waals surface area contributed by atoms with Crippen molar-refractivity contribution >= 4 is 5.91 Å². The highest BCUT2D eigenvalue weighted by atomic mass is 19.1. The molecule has 0 saturated heterocycles. The van der Waals surface area contributed by atoms with Gasteiger partial charge in [-0.2, -0.15) is 0 Å². The molecule has 5 heteroatoms. The second-order valence-corrected chi connectivity index (χ2v) is 5.13. The third-order valence-corrected chi connectivity index (χ3v) is 3.38. The van der Waals surface area contributed by atoms with Crippen molar-refractivity contribution in [3.63, 3.8) is 0 Å². The fraction of sp³-hybridized carbons (Fsp3) is 0.278. The summed E-state index contributed by atoms with van der Waals surface area (Å²) in [4.78, 5) is 12.0. The highest BCUT2D eigenvalue weighted by molar-refractivity contribution is 5.76. The lowest BCUT2D eigenvalue weighted by atomic mass is 10.1. The lowest BCUT2D eigenvalue weighted by Crippen LogP contribution is -2.33. The van der Waals surface area contributed by atoms with Gasteiger partial charge in [0.15, 0.2) is 11.6 Å². The van der Waals surface area contributed by atoms with Crippen LogP contribution in [0.5, 0.6) is 5.75 Å². The van der Waals surface area contributed by atoms with Gasteiger partial charge in [0.1, 0.15) is 6.61 Å². The Balaban J connectivity index is 2.04. The molecule has 23 heavy (non-hydrogen) atoms. The summed E-state index contributed by atoms with van der Waals surface area (Å²) in [5.41, 5.74) is 0.918. The number of halogens is 1. The standard InChI is InChI=1S/C18H21FN2O2/c1-20-12-11-18(22)21-16(14-7-3-2-4-8-14)13-23-17-10-6-5-9-15(17)19/h2-10,16,20H,11-13H2,1H3,(H,21,22). The van der Waals surface area contributed by atoms with E-state index in [2.05, 4.69) is 10.6 Å². The van der Waals surface area contributed by atoms with Crippen molar-refractivity contribution in [2.45, 2.75) is 12.5 Å². The zero-order valence-corrected chi connectivity index (χ0v) is 13.1. The zero-order valence-electron chi connectivity index (χ0n) is 13.1. The van der Waals surface area contributed by atoms with Crippen LogP contribution in [0, 0.1) is 5.82 Å². The van der Waals surface area contributed by atoms with Crippen LogP contribution < -0.4 is 15.4 Å². The predicted octanol–water partition coefficient (Wildman–Crippen LogP) is 2.67. The van der Waals surface area contributed by atoms with Crippen LogP contribution in [0.1, 0.15) is 18.0 Å². The molecule has 2 aromatic rings. The van der Waals surface area contributed by atoms with Gasteiger partial charge in [-0.25, -0.2) is 4.39 Å². The van der Waals surface area contributed by atoms with Crippen LogP contribution in [0.4, 0.5) is 4.39 Å². The highest BCUT2D eigenvalue weighted by Crippen LogP contribution is 2.19. The van der Waals surface area contributed by atoms with E-state index in [1.165, 1.54) is 6.07 Å². The summed E-state index contributed by atoms with van der Waals surface area (Å²) in [5, 5.41) is 5.87. The molecule has 1 unspecified atom stereocenters. The zero-order chi connectivity index (χ0) is 16.5. The Morgan fingerprint density at radius 3 is 2.52 bits per heavy atom. The number of para-hydroxylation sites is 1. The summed E-state index contributed by atoms with van der Waals surface area (Å²) in [7, 11) is 1.79. The molecule has 2 rings (SSSR count). The lowest BCUT2D eigenvalue weighted by Gasteiger charge is -2.20. The minimum Gasteiger partial charge on any atom is -0.488 e. The summed E-state index contributed by atoms with van der Waals surface area (Å²) in [5.74, 6) is -0.316. The molecular formula is C18H21FN2O2. The molecule has 0 aromatic heterocycles. The van der Waals surface area contributed by atoms with Gasteiger partial charge in [-0.05, 0) is 24.7 Å². The molecule has 0 bridgehead atoms. The largest absolute Gasteiger partial charge is 0.488 e. The molecule has 0 aliphatic rings.